The first kappa shape index (κ1) is 21.3. The molecule has 9 heteroatoms. The van der Waals surface area contributed by atoms with Gasteiger partial charge in [-0.1, -0.05) is 6.92 Å². The molecule has 2 unspecified atom stereocenters. The van der Waals surface area contributed by atoms with E-state index >= 15 is 0 Å². The van der Waals surface area contributed by atoms with Crippen LogP contribution in [0.4, 0.5) is 16.4 Å². The molecule has 0 saturated carbocycles. The summed E-state index contributed by atoms with van der Waals surface area (Å²) in [5.41, 5.74) is 7.96. The molecule has 1 aromatic carbocycles. The Kier molecular flexibility index (Phi) is 5.69. The summed E-state index contributed by atoms with van der Waals surface area (Å²) in [7, 11) is 1.83. The maximum absolute atomic E-state index is 12.5. The van der Waals surface area contributed by atoms with Gasteiger partial charge in [0, 0.05) is 56.8 Å². The molecule has 3 heterocycles. The Morgan fingerprint density at radius 2 is 1.90 bits per heavy atom. The van der Waals surface area contributed by atoms with E-state index < -0.39 is 0 Å². The van der Waals surface area contributed by atoms with Crippen molar-refractivity contribution < 1.29 is 4.79 Å². The van der Waals surface area contributed by atoms with Gasteiger partial charge in [0.25, 0.3) is 0 Å². The van der Waals surface area contributed by atoms with Gasteiger partial charge in [0.05, 0.1) is 19.2 Å². The number of carbonyl (C=O) groups excluding carboxylic acids is 1. The van der Waals surface area contributed by atoms with Gasteiger partial charge in [-0.25, -0.2) is 9.48 Å². The number of likely N-dealkylation sites (tertiary alicyclic amines) is 1. The fourth-order valence-electron chi connectivity index (χ4n) is 5.12. The molecular formula is C22H31N8O+. The zero-order valence-corrected chi connectivity index (χ0v) is 18.5. The molecule has 0 bridgehead atoms. The highest BCUT2D eigenvalue weighted by Gasteiger charge is 2.53. The molecule has 2 N–H and O–H groups in total. The first-order chi connectivity index (χ1) is 14.8. The van der Waals surface area contributed by atoms with E-state index in [0.29, 0.717) is 30.8 Å². The Balaban J connectivity index is 1.55. The van der Waals surface area contributed by atoms with Crippen LogP contribution < -0.4 is 15.1 Å². The largest absolute Gasteiger partial charge is 0.421 e. The quantitative estimate of drug-likeness (QED) is 0.595. The second kappa shape index (κ2) is 8.29. The highest BCUT2D eigenvalue weighted by molar-refractivity contribution is 5.85. The summed E-state index contributed by atoms with van der Waals surface area (Å²) in [6.45, 7) is 8.95. The number of aryl methyl sites for hydroxylation is 1. The number of primary amides is 1. The van der Waals surface area contributed by atoms with E-state index in [-0.39, 0.29) is 16.6 Å². The van der Waals surface area contributed by atoms with Gasteiger partial charge in [0.2, 0.25) is 0 Å². The number of hydrogen-bond acceptors (Lipinski definition) is 6. The van der Waals surface area contributed by atoms with Crippen LogP contribution in [0.15, 0.2) is 24.3 Å². The number of nitrogens with two attached hydrogens (primary N) is 1. The number of piperazine rings is 1. The number of rotatable bonds is 4. The first-order valence-electron chi connectivity index (χ1n) is 10.9. The molecule has 0 radical (unpaired) electrons. The summed E-state index contributed by atoms with van der Waals surface area (Å²) < 4.78 is 1.76. The van der Waals surface area contributed by atoms with Gasteiger partial charge < -0.3 is 10.6 Å². The summed E-state index contributed by atoms with van der Waals surface area (Å²) in [5.74, 6) is 1.61. The lowest BCUT2D eigenvalue weighted by atomic mass is 10.1. The average Bonchev–Trinajstić information content (AvgIpc) is 3.28. The molecule has 2 amide bonds. The minimum atomic E-state index is -0.371. The summed E-state index contributed by atoms with van der Waals surface area (Å²) >= 11 is 0. The van der Waals surface area contributed by atoms with E-state index in [1.807, 2.05) is 19.2 Å². The van der Waals surface area contributed by atoms with Gasteiger partial charge in [0.15, 0.2) is 5.82 Å². The highest BCUT2D eigenvalue weighted by atomic mass is 16.2. The Morgan fingerprint density at radius 1 is 1.23 bits per heavy atom. The summed E-state index contributed by atoms with van der Waals surface area (Å²) in [5, 5.41) is 13.5. The molecule has 164 valence electrons. The molecule has 2 aromatic rings. The molecule has 2 aliphatic heterocycles. The lowest BCUT2D eigenvalue weighted by Gasteiger charge is -2.34. The van der Waals surface area contributed by atoms with Crippen molar-refractivity contribution in [2.45, 2.75) is 26.3 Å². The van der Waals surface area contributed by atoms with E-state index in [9.17, 15) is 4.79 Å². The predicted molar refractivity (Wildman–Crippen MR) is 120 cm³/mol. The Labute approximate surface area is 183 Å². The van der Waals surface area contributed by atoms with Crippen LogP contribution in [0, 0.1) is 17.2 Å². The number of nitriles is 1. The average molecular weight is 424 g/mol. The highest BCUT2D eigenvalue weighted by Crippen LogP contribution is 2.36. The van der Waals surface area contributed by atoms with Crippen LogP contribution in [-0.4, -0.2) is 71.0 Å². The van der Waals surface area contributed by atoms with Crippen molar-refractivity contribution in [2.24, 2.45) is 18.7 Å². The maximum atomic E-state index is 12.5. The molecule has 1 aromatic heterocycles. The van der Waals surface area contributed by atoms with E-state index in [4.69, 9.17) is 16.0 Å². The number of quaternary nitrogens is 1. The van der Waals surface area contributed by atoms with Crippen molar-refractivity contribution in [2.75, 3.05) is 44.2 Å². The number of carbonyl (C=O) groups is 1. The molecule has 2 saturated heterocycles. The van der Waals surface area contributed by atoms with Crippen LogP contribution in [0.1, 0.15) is 20.3 Å². The van der Waals surface area contributed by atoms with Crippen LogP contribution in [0.5, 0.6) is 0 Å². The van der Waals surface area contributed by atoms with Gasteiger partial charge in [-0.15, -0.1) is 5.10 Å². The number of urea groups is 1. The SMILES string of the molecule is CC1C[C@H](C)C[N+]1(C(N)=O)c1nc(-c2ccc(N3CCN(CC#N)CC3)cc2)nn1C. The van der Waals surface area contributed by atoms with Gasteiger partial charge in [0.1, 0.15) is 6.04 Å². The minimum absolute atomic E-state index is 0.0513. The molecule has 3 atom stereocenters. The topological polar surface area (TPSA) is 104 Å². The second-order valence-corrected chi connectivity index (χ2v) is 8.91. The molecule has 9 nitrogen and oxygen atoms in total. The summed E-state index contributed by atoms with van der Waals surface area (Å²) in [6.07, 6.45) is 0.932. The number of benzene rings is 1. The standard InChI is InChI=1S/C22H30N8O/c1-16-14-17(2)30(15-16,21(24)31)22-25-20(26-27(22)3)18-4-6-19(7-5-18)29-12-10-28(9-8-23)11-13-29/h4-7,16-17H,9-15H2,1-3H3,(H-,24,31)/p+1/t16-,17?,30?/m0/s1. The molecule has 31 heavy (non-hydrogen) atoms. The van der Waals surface area contributed by atoms with Crippen molar-refractivity contribution in [1.29, 1.82) is 5.26 Å². The maximum Gasteiger partial charge on any atom is 0.421 e. The summed E-state index contributed by atoms with van der Waals surface area (Å²) in [4.78, 5) is 21.8. The number of aromatic nitrogens is 3. The Hall–Kier alpha value is -2.96. The number of hydrogen-bond donors (Lipinski definition) is 1. The van der Waals surface area contributed by atoms with E-state index in [2.05, 4.69) is 46.9 Å². The van der Waals surface area contributed by atoms with Crippen molar-refractivity contribution in [3.05, 3.63) is 24.3 Å². The Morgan fingerprint density at radius 3 is 2.45 bits per heavy atom. The Bertz CT molecular complexity index is 986. The third-order valence-corrected chi connectivity index (χ3v) is 6.74. The number of amides is 2. The number of nitrogens with zero attached hydrogens (tertiary/aromatic N) is 7. The van der Waals surface area contributed by atoms with Gasteiger partial charge in [-0.2, -0.15) is 14.7 Å². The smallest absolute Gasteiger partial charge is 0.369 e. The first-order valence-corrected chi connectivity index (χ1v) is 10.9. The third-order valence-electron chi connectivity index (χ3n) is 6.74. The molecular weight excluding hydrogens is 392 g/mol. The third kappa shape index (κ3) is 3.77. The van der Waals surface area contributed by atoms with Gasteiger partial charge in [-0.05, 0) is 31.2 Å². The molecule has 0 aliphatic carbocycles. The van der Waals surface area contributed by atoms with Crippen LogP contribution in [0.2, 0.25) is 0 Å². The molecule has 2 fully saturated rings. The summed E-state index contributed by atoms with van der Waals surface area (Å²) in [6, 6.07) is 10.2. The van der Waals surface area contributed by atoms with E-state index in [0.717, 1.165) is 43.9 Å². The lowest BCUT2D eigenvalue weighted by molar-refractivity contribution is 0.199. The molecule has 2 aliphatic rings. The van der Waals surface area contributed by atoms with Crippen molar-refractivity contribution in [3.8, 4) is 17.5 Å². The zero-order chi connectivity index (χ0) is 22.2. The fourth-order valence-corrected chi connectivity index (χ4v) is 5.12. The lowest BCUT2D eigenvalue weighted by Crippen LogP contribution is -2.60. The fraction of sp³-hybridized carbons (Fsp3) is 0.545. The zero-order valence-electron chi connectivity index (χ0n) is 18.5. The monoisotopic (exact) mass is 423 g/mol. The minimum Gasteiger partial charge on any atom is -0.369 e. The molecule has 0 spiro atoms. The van der Waals surface area contributed by atoms with Crippen LogP contribution >= 0.6 is 0 Å². The predicted octanol–water partition coefficient (Wildman–Crippen LogP) is 1.94. The van der Waals surface area contributed by atoms with Crippen LogP contribution in [-0.2, 0) is 7.05 Å². The van der Waals surface area contributed by atoms with Crippen LogP contribution in [0.3, 0.4) is 0 Å². The van der Waals surface area contributed by atoms with E-state index in [1.54, 1.807) is 4.68 Å². The second-order valence-electron chi connectivity index (χ2n) is 8.91. The van der Waals surface area contributed by atoms with Crippen molar-refractivity contribution in [1.82, 2.24) is 24.1 Å². The van der Waals surface area contributed by atoms with Crippen LogP contribution in [0.25, 0.3) is 11.4 Å². The van der Waals surface area contributed by atoms with Gasteiger partial charge >= 0.3 is 12.0 Å². The van der Waals surface area contributed by atoms with Crippen molar-refractivity contribution in [3.63, 3.8) is 0 Å². The van der Waals surface area contributed by atoms with Gasteiger partial charge in [-0.3, -0.25) is 4.90 Å². The normalized spacial score (nSPS) is 26.7. The molecule has 4 rings (SSSR count). The van der Waals surface area contributed by atoms with E-state index in [1.165, 1.54) is 0 Å². The number of anilines is 1. The van der Waals surface area contributed by atoms with Crippen molar-refractivity contribution >= 4 is 17.7 Å².